The highest BCUT2D eigenvalue weighted by atomic mass is 79.9. The number of amides is 3. The molecule has 0 spiro atoms. The van der Waals surface area contributed by atoms with E-state index >= 15 is 0 Å². The summed E-state index contributed by atoms with van der Waals surface area (Å²) >= 11 is 6.07. The number of imide groups is 1. The molecule has 2 aromatic rings. The van der Waals surface area contributed by atoms with E-state index in [1.807, 2.05) is 6.26 Å². The smallest absolute Gasteiger partial charge is 0.249 e. The molecular formula is C20H21BrFN3O3S2. The van der Waals surface area contributed by atoms with Crippen molar-refractivity contribution in [3.05, 3.63) is 22.4 Å². The molecular weight excluding hydrogens is 493 g/mol. The van der Waals surface area contributed by atoms with Crippen molar-refractivity contribution in [2.24, 2.45) is 11.8 Å². The first kappa shape index (κ1) is 21.7. The number of carbonyl (C=O) groups excluding carboxylic acids is 3. The van der Waals surface area contributed by atoms with Crippen LogP contribution in [0, 0.1) is 17.7 Å². The van der Waals surface area contributed by atoms with E-state index in [1.165, 1.54) is 11.0 Å². The Bertz CT molecular complexity index is 952. The second kappa shape index (κ2) is 8.92. The number of thiazole rings is 1. The number of nitrogens with one attached hydrogen (secondary N) is 1. The highest BCUT2D eigenvalue weighted by molar-refractivity contribution is 9.10. The van der Waals surface area contributed by atoms with Gasteiger partial charge in [0.05, 0.1) is 16.5 Å². The molecule has 1 aliphatic heterocycles. The van der Waals surface area contributed by atoms with Gasteiger partial charge in [-0.15, -0.1) is 0 Å². The summed E-state index contributed by atoms with van der Waals surface area (Å²) in [5.74, 6) is -1.37. The minimum atomic E-state index is -0.886. The molecule has 2 fully saturated rings. The van der Waals surface area contributed by atoms with E-state index in [0.29, 0.717) is 34.2 Å². The van der Waals surface area contributed by atoms with E-state index in [4.69, 9.17) is 0 Å². The van der Waals surface area contributed by atoms with Gasteiger partial charge in [-0.05, 0) is 59.3 Å². The number of likely N-dealkylation sites (tertiary alicyclic amines) is 1. The van der Waals surface area contributed by atoms with Gasteiger partial charge < -0.3 is 5.32 Å². The van der Waals surface area contributed by atoms with Gasteiger partial charge in [0.1, 0.15) is 17.4 Å². The number of nitrogens with zero attached hydrogens (tertiary/aromatic N) is 2. The Hall–Kier alpha value is -1.52. The maximum Gasteiger partial charge on any atom is 0.249 e. The number of hydrogen-bond acceptors (Lipinski definition) is 6. The van der Waals surface area contributed by atoms with E-state index in [0.717, 1.165) is 24.2 Å². The zero-order chi connectivity index (χ0) is 21.4. The van der Waals surface area contributed by atoms with Gasteiger partial charge in [-0.2, -0.15) is 11.8 Å². The standard InChI is InChI=1S/C20H21BrFN3O3S2/c1-29-9-8-14(25-18(27)10-4-2-3-5-11(10)19(25)28)17(26)24-20-23-15-13(22)7-6-12(21)16(15)30-20/h6-7,10-11,14H,2-5,8-9H2,1H3,(H,23,24,26). The Morgan fingerprint density at radius 1 is 1.33 bits per heavy atom. The third-order valence-corrected chi connectivity index (χ3v) is 8.33. The van der Waals surface area contributed by atoms with Gasteiger partial charge in [0.25, 0.3) is 0 Å². The molecule has 6 nitrogen and oxygen atoms in total. The molecule has 10 heteroatoms. The van der Waals surface area contributed by atoms with E-state index in [1.54, 1.807) is 17.8 Å². The molecule has 1 N–H and O–H groups in total. The van der Waals surface area contributed by atoms with Gasteiger partial charge in [0.15, 0.2) is 5.13 Å². The summed E-state index contributed by atoms with van der Waals surface area (Å²) in [5, 5.41) is 2.96. The number of hydrogen-bond donors (Lipinski definition) is 1. The van der Waals surface area contributed by atoms with E-state index in [9.17, 15) is 18.8 Å². The van der Waals surface area contributed by atoms with Gasteiger partial charge in [0.2, 0.25) is 17.7 Å². The lowest BCUT2D eigenvalue weighted by molar-refractivity contribution is -0.146. The maximum absolute atomic E-state index is 14.1. The van der Waals surface area contributed by atoms with Crippen LogP contribution in [0.4, 0.5) is 9.52 Å². The van der Waals surface area contributed by atoms with Crippen molar-refractivity contribution in [1.82, 2.24) is 9.88 Å². The summed E-state index contributed by atoms with van der Waals surface area (Å²) in [4.78, 5) is 44.5. The van der Waals surface area contributed by atoms with Gasteiger partial charge in [0, 0.05) is 4.47 Å². The number of thioether (sulfide) groups is 1. The fraction of sp³-hybridized carbons (Fsp3) is 0.500. The van der Waals surface area contributed by atoms with Crippen molar-refractivity contribution in [3.63, 3.8) is 0 Å². The maximum atomic E-state index is 14.1. The number of aromatic nitrogens is 1. The zero-order valence-corrected chi connectivity index (χ0v) is 19.5. The van der Waals surface area contributed by atoms with Crippen molar-refractivity contribution in [2.75, 3.05) is 17.3 Å². The molecule has 1 saturated carbocycles. The minimum Gasteiger partial charge on any atom is -0.300 e. The number of halogens is 2. The first-order valence-corrected chi connectivity index (χ1v) is 12.8. The van der Waals surface area contributed by atoms with Crippen LogP contribution in [0.3, 0.4) is 0 Å². The molecule has 30 heavy (non-hydrogen) atoms. The highest BCUT2D eigenvalue weighted by Gasteiger charge is 2.51. The summed E-state index contributed by atoms with van der Waals surface area (Å²) in [7, 11) is 0. The quantitative estimate of drug-likeness (QED) is 0.577. The molecule has 160 valence electrons. The predicted octanol–water partition coefficient (Wildman–Crippen LogP) is 4.43. The molecule has 3 unspecified atom stereocenters. The second-order valence-electron chi connectivity index (χ2n) is 7.56. The van der Waals surface area contributed by atoms with Crippen LogP contribution in [0.5, 0.6) is 0 Å². The fourth-order valence-corrected chi connectivity index (χ4v) is 6.20. The van der Waals surface area contributed by atoms with Crippen LogP contribution in [0.2, 0.25) is 0 Å². The fourth-order valence-electron chi connectivity index (χ4n) is 4.29. The third kappa shape index (κ3) is 3.89. The van der Waals surface area contributed by atoms with Gasteiger partial charge in [-0.1, -0.05) is 24.2 Å². The Balaban J connectivity index is 1.60. The van der Waals surface area contributed by atoms with Crippen molar-refractivity contribution in [2.45, 2.75) is 38.1 Å². The molecule has 3 amide bonds. The van der Waals surface area contributed by atoms with Crippen LogP contribution in [0.1, 0.15) is 32.1 Å². The Morgan fingerprint density at radius 3 is 2.60 bits per heavy atom. The normalized spacial score (nSPS) is 22.4. The average Bonchev–Trinajstić information content (AvgIpc) is 3.27. The number of carbonyl (C=O) groups is 3. The second-order valence-corrected chi connectivity index (χ2v) is 10.4. The molecule has 0 radical (unpaired) electrons. The molecule has 1 aromatic carbocycles. The summed E-state index contributed by atoms with van der Waals surface area (Å²) in [6.45, 7) is 0. The molecule has 2 heterocycles. The third-order valence-electron chi connectivity index (χ3n) is 5.76. The topological polar surface area (TPSA) is 79.4 Å². The van der Waals surface area contributed by atoms with Crippen LogP contribution < -0.4 is 5.32 Å². The van der Waals surface area contributed by atoms with Crippen LogP contribution in [0.25, 0.3) is 10.2 Å². The first-order chi connectivity index (χ1) is 14.4. The Kier molecular flexibility index (Phi) is 6.45. The lowest BCUT2D eigenvalue weighted by atomic mass is 9.81. The largest absolute Gasteiger partial charge is 0.300 e. The monoisotopic (exact) mass is 513 g/mol. The minimum absolute atomic E-state index is 0.171. The SMILES string of the molecule is CSCCC(C(=O)Nc1nc2c(F)ccc(Br)c2s1)N1C(=O)C2CCCCC2C1=O. The summed E-state index contributed by atoms with van der Waals surface area (Å²) in [5.41, 5.74) is 0.171. The van der Waals surface area contributed by atoms with Crippen molar-refractivity contribution >= 4 is 72.1 Å². The van der Waals surface area contributed by atoms with Crippen LogP contribution in [-0.4, -0.2) is 45.7 Å². The molecule has 1 saturated heterocycles. The number of fused-ring (bicyclic) bond motifs is 2. The Labute approximate surface area is 190 Å². The van der Waals surface area contributed by atoms with Crippen molar-refractivity contribution in [1.29, 1.82) is 0 Å². The summed E-state index contributed by atoms with van der Waals surface area (Å²) in [6.07, 6.45) is 5.55. The Morgan fingerprint density at radius 2 is 2.00 bits per heavy atom. The van der Waals surface area contributed by atoms with Crippen molar-refractivity contribution < 1.29 is 18.8 Å². The first-order valence-electron chi connectivity index (χ1n) is 9.83. The van der Waals surface area contributed by atoms with Crippen molar-refractivity contribution in [3.8, 4) is 0 Å². The molecule has 3 atom stereocenters. The number of rotatable bonds is 6. The van der Waals surface area contributed by atoms with Gasteiger partial charge in [-0.25, -0.2) is 9.37 Å². The van der Waals surface area contributed by atoms with Crippen LogP contribution in [0.15, 0.2) is 16.6 Å². The average molecular weight is 514 g/mol. The molecule has 1 aliphatic carbocycles. The van der Waals surface area contributed by atoms with Crippen LogP contribution >= 0.6 is 39.0 Å². The summed E-state index contributed by atoms with van der Waals surface area (Å²) in [6, 6.07) is 2.01. The molecule has 4 rings (SSSR count). The number of benzene rings is 1. The lowest BCUT2D eigenvalue weighted by Crippen LogP contribution is -2.48. The number of anilines is 1. The van der Waals surface area contributed by atoms with Crippen LogP contribution in [-0.2, 0) is 14.4 Å². The van der Waals surface area contributed by atoms with E-state index in [-0.39, 0.29) is 34.3 Å². The molecule has 1 aromatic heterocycles. The van der Waals surface area contributed by atoms with Gasteiger partial charge >= 0.3 is 0 Å². The molecule has 2 aliphatic rings. The lowest BCUT2D eigenvalue weighted by Gasteiger charge is -2.25. The highest BCUT2D eigenvalue weighted by Crippen LogP contribution is 2.40. The van der Waals surface area contributed by atoms with E-state index < -0.39 is 17.8 Å². The van der Waals surface area contributed by atoms with E-state index in [2.05, 4.69) is 26.2 Å². The predicted molar refractivity (Wildman–Crippen MR) is 120 cm³/mol. The summed E-state index contributed by atoms with van der Waals surface area (Å²) < 4.78 is 15.3. The zero-order valence-electron chi connectivity index (χ0n) is 16.3. The van der Waals surface area contributed by atoms with Gasteiger partial charge in [-0.3, -0.25) is 19.3 Å². The molecule has 0 bridgehead atoms.